The number of thiophene rings is 3. The number of rotatable bonds is 18. The summed E-state index contributed by atoms with van der Waals surface area (Å²) in [4.78, 5) is 14.7. The van der Waals surface area contributed by atoms with Crippen molar-refractivity contribution in [3.8, 4) is 59.0 Å². The largest absolute Gasteiger partial charge is 0.748 e. The first-order valence-electron chi connectivity index (χ1n) is 15.5. The van der Waals surface area contributed by atoms with Gasteiger partial charge in [-0.05, 0) is 61.4 Å². The van der Waals surface area contributed by atoms with Gasteiger partial charge in [-0.3, -0.25) is 0 Å². The van der Waals surface area contributed by atoms with Crippen molar-refractivity contribution in [2.75, 3.05) is 13.7 Å². The maximum Gasteiger partial charge on any atom is 0.748 e. The zero-order valence-corrected chi connectivity index (χ0v) is 29.2. The molecule has 0 fully saturated rings. The molecule has 1 aromatic carbocycles. The average molecular weight is 670 g/mol. The first kappa shape index (κ1) is 34.2. The standard InChI is InChI=1S/C35H41O5PS3/c1-4-6-8-10-11-12-13-14-16-26-17-18-33(42-26)34-20-19-31(43-34)27-25-30(39-23-15-9-7-5-2)28(24-29(27)38-3)32-21-22-35(44-32)40-41(36)37/h17-22,24-25H,4-13,15,23H2,1-3H3/p+1. The molecule has 0 radical (unpaired) electrons. The quantitative estimate of drug-likeness (QED) is 0.0649. The van der Waals surface area contributed by atoms with Gasteiger partial charge in [0.25, 0.3) is 0 Å². The molecule has 1 atom stereocenters. The Hall–Kier alpha value is -2.66. The Bertz CT molecular complexity index is 1540. The van der Waals surface area contributed by atoms with E-state index in [0.29, 0.717) is 11.7 Å². The van der Waals surface area contributed by atoms with E-state index < -0.39 is 8.25 Å². The fourth-order valence-corrected chi connectivity index (χ4v) is 8.14. The maximum atomic E-state index is 11.2. The number of methoxy groups -OCH3 is 1. The van der Waals surface area contributed by atoms with Gasteiger partial charge in [0.1, 0.15) is 11.5 Å². The number of benzene rings is 1. The zero-order valence-electron chi connectivity index (χ0n) is 25.9. The minimum atomic E-state index is -2.72. The van der Waals surface area contributed by atoms with E-state index in [2.05, 4.69) is 56.0 Å². The Morgan fingerprint density at radius 1 is 0.727 bits per heavy atom. The highest BCUT2D eigenvalue weighted by Crippen LogP contribution is 2.47. The monoisotopic (exact) mass is 669 g/mol. The molecule has 0 saturated carbocycles. The third-order valence-electron chi connectivity index (χ3n) is 7.16. The molecular formula is C35H42O5PS3+. The van der Waals surface area contributed by atoms with E-state index in [0.717, 1.165) is 56.5 Å². The van der Waals surface area contributed by atoms with Crippen LogP contribution in [0.2, 0.25) is 0 Å². The molecule has 3 aromatic heterocycles. The van der Waals surface area contributed by atoms with Gasteiger partial charge in [0.05, 0.1) is 18.6 Å². The molecule has 4 rings (SSSR count). The average Bonchev–Trinajstić information content (AvgIpc) is 3.79. The van der Waals surface area contributed by atoms with Crippen LogP contribution in [0.1, 0.15) is 89.4 Å². The van der Waals surface area contributed by atoms with E-state index in [-0.39, 0.29) is 0 Å². The van der Waals surface area contributed by atoms with Gasteiger partial charge in [-0.15, -0.1) is 27.6 Å². The Morgan fingerprint density at radius 3 is 2.11 bits per heavy atom. The Labute approximate surface area is 275 Å². The molecule has 0 saturated heterocycles. The summed E-state index contributed by atoms with van der Waals surface area (Å²) >= 11 is 4.77. The summed E-state index contributed by atoms with van der Waals surface area (Å²) in [6, 6.07) is 16.2. The Balaban J connectivity index is 1.53. The minimum Gasteiger partial charge on any atom is -0.496 e. The smallest absolute Gasteiger partial charge is 0.496 e. The lowest BCUT2D eigenvalue weighted by Gasteiger charge is -2.15. The second-order valence-corrected chi connectivity index (χ2v) is 14.4. The van der Waals surface area contributed by atoms with Crippen LogP contribution >= 0.6 is 42.3 Å². The molecule has 5 nitrogen and oxygen atoms in total. The van der Waals surface area contributed by atoms with Crippen LogP contribution in [0.5, 0.6) is 16.6 Å². The van der Waals surface area contributed by atoms with Crippen molar-refractivity contribution in [3.63, 3.8) is 0 Å². The highest BCUT2D eigenvalue weighted by molar-refractivity contribution is 7.33. The third-order valence-corrected chi connectivity index (χ3v) is 10.9. The molecule has 0 amide bonds. The van der Waals surface area contributed by atoms with Gasteiger partial charge < -0.3 is 9.47 Å². The summed E-state index contributed by atoms with van der Waals surface area (Å²) in [5.41, 5.74) is 1.84. The van der Waals surface area contributed by atoms with Crippen molar-refractivity contribution in [3.05, 3.63) is 53.4 Å². The molecule has 0 aliphatic heterocycles. The molecule has 0 aliphatic carbocycles. The summed E-state index contributed by atoms with van der Waals surface area (Å²) in [5, 5.41) is 0.380. The number of hydrogen-bond acceptors (Lipinski definition) is 7. The first-order valence-corrected chi connectivity index (χ1v) is 19.1. The molecule has 0 aliphatic rings. The van der Waals surface area contributed by atoms with Crippen LogP contribution in [0.25, 0.3) is 30.6 Å². The maximum absolute atomic E-state index is 11.2. The summed E-state index contributed by atoms with van der Waals surface area (Å²) in [6.45, 7) is 5.06. The highest BCUT2D eigenvalue weighted by atomic mass is 32.1. The normalized spacial score (nSPS) is 11.2. The highest BCUT2D eigenvalue weighted by Gasteiger charge is 2.21. The van der Waals surface area contributed by atoms with Crippen LogP contribution in [0.4, 0.5) is 0 Å². The van der Waals surface area contributed by atoms with E-state index in [1.165, 1.54) is 72.5 Å². The molecule has 234 valence electrons. The van der Waals surface area contributed by atoms with Crippen LogP contribution in [-0.2, 0) is 4.57 Å². The zero-order chi connectivity index (χ0) is 31.1. The van der Waals surface area contributed by atoms with Crippen molar-refractivity contribution < 1.29 is 23.5 Å². The predicted octanol–water partition coefficient (Wildman–Crippen LogP) is 12.0. The van der Waals surface area contributed by atoms with Crippen LogP contribution < -0.4 is 14.0 Å². The first-order chi connectivity index (χ1) is 21.5. The van der Waals surface area contributed by atoms with E-state index in [4.69, 9.17) is 14.0 Å². The van der Waals surface area contributed by atoms with Gasteiger partial charge >= 0.3 is 8.25 Å². The lowest BCUT2D eigenvalue weighted by atomic mass is 10.1. The van der Waals surface area contributed by atoms with Crippen LogP contribution in [0.3, 0.4) is 0 Å². The van der Waals surface area contributed by atoms with Crippen molar-refractivity contribution in [2.45, 2.75) is 84.5 Å². The van der Waals surface area contributed by atoms with E-state index in [1.54, 1.807) is 35.8 Å². The van der Waals surface area contributed by atoms with Crippen molar-refractivity contribution in [1.82, 2.24) is 0 Å². The molecular weight excluding hydrogens is 628 g/mol. The topological polar surface area (TPSA) is 65.0 Å². The molecule has 0 spiro atoms. The fourth-order valence-electron chi connectivity index (χ4n) is 4.83. The second-order valence-electron chi connectivity index (χ2n) is 10.6. The van der Waals surface area contributed by atoms with Gasteiger partial charge in [-0.1, -0.05) is 88.4 Å². The molecule has 1 unspecified atom stereocenters. The van der Waals surface area contributed by atoms with Gasteiger partial charge in [-0.2, -0.15) is 0 Å². The molecule has 4 aromatic rings. The lowest BCUT2D eigenvalue weighted by Crippen LogP contribution is -2.00. The van der Waals surface area contributed by atoms with Crippen molar-refractivity contribution in [2.24, 2.45) is 0 Å². The Kier molecular flexibility index (Phi) is 14.3. The number of unbranched alkanes of at least 4 members (excludes halogenated alkanes) is 9. The lowest BCUT2D eigenvalue weighted by molar-refractivity contribution is 0.306. The van der Waals surface area contributed by atoms with Crippen LogP contribution in [-0.4, -0.2) is 18.6 Å². The fraction of sp³-hybridized carbons (Fsp3) is 0.429. The molecule has 3 heterocycles. The summed E-state index contributed by atoms with van der Waals surface area (Å²) < 4.78 is 28.5. The molecule has 1 N–H and O–H groups in total. The predicted molar refractivity (Wildman–Crippen MR) is 188 cm³/mol. The van der Waals surface area contributed by atoms with Crippen molar-refractivity contribution >= 4 is 42.3 Å². The molecule has 9 heteroatoms. The van der Waals surface area contributed by atoms with Crippen LogP contribution in [0, 0.1) is 11.8 Å². The number of ether oxygens (including phenoxy) is 2. The SMILES string of the molecule is CCCCCCCCC#Cc1ccc(-c2ccc(-c3cc(OCCCCCC)c(-c4ccc(O[P+](=O)O)s4)cc3OC)s2)s1. The second kappa shape index (κ2) is 18.3. The van der Waals surface area contributed by atoms with E-state index >= 15 is 0 Å². The van der Waals surface area contributed by atoms with Gasteiger partial charge in [-0.25, -0.2) is 4.52 Å². The molecule has 0 bridgehead atoms. The summed E-state index contributed by atoms with van der Waals surface area (Å²) in [6.07, 6.45) is 13.1. The van der Waals surface area contributed by atoms with Gasteiger partial charge in [0, 0.05) is 41.6 Å². The van der Waals surface area contributed by atoms with E-state index in [1.807, 2.05) is 12.1 Å². The summed E-state index contributed by atoms with van der Waals surface area (Å²) in [5.74, 6) is 8.23. The van der Waals surface area contributed by atoms with Gasteiger partial charge in [0.15, 0.2) is 0 Å². The molecule has 44 heavy (non-hydrogen) atoms. The summed E-state index contributed by atoms with van der Waals surface area (Å²) in [7, 11) is -1.05. The van der Waals surface area contributed by atoms with Gasteiger partial charge in [0.2, 0.25) is 5.06 Å². The van der Waals surface area contributed by atoms with Crippen LogP contribution in [0.15, 0.2) is 48.5 Å². The van der Waals surface area contributed by atoms with Crippen molar-refractivity contribution in [1.29, 1.82) is 0 Å². The van der Waals surface area contributed by atoms with E-state index in [9.17, 15) is 9.46 Å². The minimum absolute atomic E-state index is 0.380. The number of hydrogen-bond donors (Lipinski definition) is 1. The Morgan fingerprint density at radius 2 is 1.34 bits per heavy atom. The third kappa shape index (κ3) is 10.2.